The Balaban J connectivity index is 2.35. The first-order valence-corrected chi connectivity index (χ1v) is 8.20. The topological polar surface area (TPSA) is 102 Å². The predicted molar refractivity (Wildman–Crippen MR) is 73.7 cm³/mol. The average molecular weight is 314 g/mol. The van der Waals surface area contributed by atoms with E-state index in [2.05, 4.69) is 10.6 Å². The Labute approximate surface area is 121 Å². The van der Waals surface area contributed by atoms with Gasteiger partial charge in [0.25, 0.3) is 10.0 Å². The van der Waals surface area contributed by atoms with Gasteiger partial charge in [-0.2, -0.15) is 9.57 Å². The van der Waals surface area contributed by atoms with Crippen molar-refractivity contribution in [3.8, 4) is 6.07 Å². The molecule has 0 bridgehead atoms. The van der Waals surface area contributed by atoms with Crippen LogP contribution in [0.15, 0.2) is 16.3 Å². The van der Waals surface area contributed by atoms with Crippen molar-refractivity contribution in [3.05, 3.63) is 17.0 Å². The standard InChI is InChI=1S/C11H14N4O3S2/c1-13-11(16)9-7-14-4-5-15(9)20(17,18)10-3-2-8(6-12)19-10/h2-3,9,14H,4-5,7H2,1H3,(H,13,16). The van der Waals surface area contributed by atoms with E-state index >= 15 is 0 Å². The molecule has 1 fully saturated rings. The van der Waals surface area contributed by atoms with Gasteiger partial charge in [0.2, 0.25) is 5.91 Å². The summed E-state index contributed by atoms with van der Waals surface area (Å²) in [6, 6.07) is 4.01. The van der Waals surface area contributed by atoms with Crippen molar-refractivity contribution >= 4 is 27.3 Å². The van der Waals surface area contributed by atoms with Crippen LogP contribution in [-0.4, -0.2) is 51.4 Å². The van der Waals surface area contributed by atoms with Crippen molar-refractivity contribution in [2.45, 2.75) is 10.3 Å². The third kappa shape index (κ3) is 2.69. The van der Waals surface area contributed by atoms with Gasteiger partial charge in [0.1, 0.15) is 21.2 Å². The van der Waals surface area contributed by atoms with Gasteiger partial charge in [-0.1, -0.05) is 0 Å². The zero-order valence-corrected chi connectivity index (χ0v) is 12.4. The molecule has 1 saturated heterocycles. The number of nitrogens with zero attached hydrogens (tertiary/aromatic N) is 2. The zero-order valence-electron chi connectivity index (χ0n) is 10.8. The summed E-state index contributed by atoms with van der Waals surface area (Å²) in [5, 5.41) is 14.3. The normalized spacial score (nSPS) is 20.3. The number of likely N-dealkylation sites (N-methyl/N-ethyl adjacent to an activating group) is 1. The van der Waals surface area contributed by atoms with Crippen molar-refractivity contribution in [1.29, 1.82) is 5.26 Å². The third-order valence-corrected chi connectivity index (χ3v) is 6.36. The molecule has 0 aromatic carbocycles. The van der Waals surface area contributed by atoms with E-state index < -0.39 is 16.1 Å². The van der Waals surface area contributed by atoms with E-state index in [4.69, 9.17) is 5.26 Å². The molecule has 0 spiro atoms. The number of carbonyl (C=O) groups is 1. The first kappa shape index (κ1) is 14.9. The van der Waals surface area contributed by atoms with Crippen LogP contribution in [0.25, 0.3) is 0 Å². The van der Waals surface area contributed by atoms with Crippen molar-refractivity contribution in [2.75, 3.05) is 26.7 Å². The summed E-state index contributed by atoms with van der Waals surface area (Å²) >= 11 is 0.912. The van der Waals surface area contributed by atoms with Crippen LogP contribution >= 0.6 is 11.3 Å². The quantitative estimate of drug-likeness (QED) is 0.770. The molecule has 1 atom stereocenters. The van der Waals surface area contributed by atoms with Gasteiger partial charge in [-0.3, -0.25) is 4.79 Å². The Morgan fingerprint density at radius 3 is 2.95 bits per heavy atom. The van der Waals surface area contributed by atoms with E-state index in [1.54, 1.807) is 0 Å². The van der Waals surface area contributed by atoms with E-state index in [1.807, 2.05) is 6.07 Å². The highest BCUT2D eigenvalue weighted by Crippen LogP contribution is 2.26. The molecule has 0 saturated carbocycles. The predicted octanol–water partition coefficient (Wildman–Crippen LogP) is -0.672. The number of nitriles is 1. The third-order valence-electron chi connectivity index (χ3n) is 3.00. The lowest BCUT2D eigenvalue weighted by molar-refractivity contribution is -0.124. The van der Waals surface area contributed by atoms with Gasteiger partial charge < -0.3 is 10.6 Å². The highest BCUT2D eigenvalue weighted by Gasteiger charge is 2.37. The van der Waals surface area contributed by atoms with Crippen LogP contribution < -0.4 is 10.6 Å². The highest BCUT2D eigenvalue weighted by atomic mass is 32.2. The lowest BCUT2D eigenvalue weighted by Crippen LogP contribution is -2.58. The Morgan fingerprint density at radius 2 is 2.35 bits per heavy atom. The maximum atomic E-state index is 12.6. The number of rotatable bonds is 3. The Morgan fingerprint density at radius 1 is 1.60 bits per heavy atom. The summed E-state index contributed by atoms with van der Waals surface area (Å²) in [5.41, 5.74) is 0. The van der Waals surface area contributed by atoms with Crippen LogP contribution in [0.5, 0.6) is 0 Å². The molecule has 0 aliphatic carbocycles. The summed E-state index contributed by atoms with van der Waals surface area (Å²) in [6.07, 6.45) is 0. The molecule has 1 aliphatic heterocycles. The van der Waals surface area contributed by atoms with Crippen LogP contribution in [0.1, 0.15) is 4.88 Å². The molecule has 1 aromatic heterocycles. The van der Waals surface area contributed by atoms with E-state index in [0.29, 0.717) is 11.4 Å². The molecular weight excluding hydrogens is 300 g/mol. The molecule has 108 valence electrons. The van der Waals surface area contributed by atoms with Crippen LogP contribution in [0.3, 0.4) is 0 Å². The second-order valence-electron chi connectivity index (χ2n) is 4.18. The minimum Gasteiger partial charge on any atom is -0.358 e. The number of hydrogen-bond donors (Lipinski definition) is 2. The minimum absolute atomic E-state index is 0.0878. The summed E-state index contributed by atoms with van der Waals surface area (Å²) in [7, 11) is -2.28. The lowest BCUT2D eigenvalue weighted by atomic mass is 10.2. The molecular formula is C11H14N4O3S2. The fourth-order valence-corrected chi connectivity index (χ4v) is 4.82. The molecule has 0 radical (unpaired) electrons. The smallest absolute Gasteiger partial charge is 0.253 e. The number of hydrogen-bond acceptors (Lipinski definition) is 6. The molecule has 7 nitrogen and oxygen atoms in total. The number of carbonyl (C=O) groups excluding carboxylic acids is 1. The van der Waals surface area contributed by atoms with Gasteiger partial charge in [-0.05, 0) is 12.1 Å². The van der Waals surface area contributed by atoms with Gasteiger partial charge >= 0.3 is 0 Å². The van der Waals surface area contributed by atoms with Gasteiger partial charge in [-0.15, -0.1) is 11.3 Å². The zero-order chi connectivity index (χ0) is 14.8. The molecule has 1 unspecified atom stereocenters. The number of nitrogens with one attached hydrogen (secondary N) is 2. The fourth-order valence-electron chi connectivity index (χ4n) is 2.00. The molecule has 9 heteroatoms. The lowest BCUT2D eigenvalue weighted by Gasteiger charge is -2.33. The Bertz CT molecular complexity index is 647. The van der Waals surface area contributed by atoms with Crippen LogP contribution in [0.2, 0.25) is 0 Å². The van der Waals surface area contributed by atoms with E-state index in [-0.39, 0.29) is 23.2 Å². The number of thiophene rings is 1. The minimum atomic E-state index is -3.76. The summed E-state index contributed by atoms with van der Waals surface area (Å²) in [6.45, 7) is 0.985. The molecule has 2 rings (SSSR count). The van der Waals surface area contributed by atoms with Crippen molar-refractivity contribution in [3.63, 3.8) is 0 Å². The van der Waals surface area contributed by atoms with Crippen molar-refractivity contribution in [2.24, 2.45) is 0 Å². The first-order valence-electron chi connectivity index (χ1n) is 5.95. The monoisotopic (exact) mass is 314 g/mol. The summed E-state index contributed by atoms with van der Waals surface area (Å²) in [4.78, 5) is 12.1. The maximum absolute atomic E-state index is 12.6. The molecule has 1 amide bonds. The van der Waals surface area contributed by atoms with Crippen LogP contribution in [0.4, 0.5) is 0 Å². The summed E-state index contributed by atoms with van der Waals surface area (Å²) < 4.78 is 26.4. The van der Waals surface area contributed by atoms with Crippen molar-refractivity contribution in [1.82, 2.24) is 14.9 Å². The second-order valence-corrected chi connectivity index (χ2v) is 7.38. The van der Waals surface area contributed by atoms with Gasteiger partial charge in [0, 0.05) is 26.7 Å². The van der Waals surface area contributed by atoms with Gasteiger partial charge in [0.15, 0.2) is 0 Å². The number of amides is 1. The highest BCUT2D eigenvalue weighted by molar-refractivity contribution is 7.91. The fraction of sp³-hybridized carbons (Fsp3) is 0.455. The first-order chi connectivity index (χ1) is 9.50. The molecule has 1 aliphatic rings. The average Bonchev–Trinajstić information content (AvgIpc) is 2.96. The van der Waals surface area contributed by atoms with E-state index in [1.165, 1.54) is 23.5 Å². The molecule has 2 heterocycles. The SMILES string of the molecule is CNC(=O)C1CNCCN1S(=O)(=O)c1ccc(C#N)s1. The van der Waals surface area contributed by atoms with Gasteiger partial charge in [-0.25, -0.2) is 8.42 Å². The van der Waals surface area contributed by atoms with Crippen LogP contribution in [0, 0.1) is 11.3 Å². The molecule has 20 heavy (non-hydrogen) atoms. The van der Waals surface area contributed by atoms with E-state index in [9.17, 15) is 13.2 Å². The van der Waals surface area contributed by atoms with Gasteiger partial charge in [0.05, 0.1) is 0 Å². The Hall–Kier alpha value is -1.47. The Kier molecular flexibility index (Phi) is 4.39. The van der Waals surface area contributed by atoms with Crippen LogP contribution in [-0.2, 0) is 14.8 Å². The largest absolute Gasteiger partial charge is 0.358 e. The molecule has 1 aromatic rings. The maximum Gasteiger partial charge on any atom is 0.253 e. The van der Waals surface area contributed by atoms with Crippen molar-refractivity contribution < 1.29 is 13.2 Å². The number of sulfonamides is 1. The van der Waals surface area contributed by atoms with E-state index in [0.717, 1.165) is 11.3 Å². The number of piperazine rings is 1. The summed E-state index contributed by atoms with van der Waals surface area (Å²) in [5.74, 6) is -0.349. The second kappa shape index (κ2) is 5.88. The molecule has 2 N–H and O–H groups in total.